The summed E-state index contributed by atoms with van der Waals surface area (Å²) in [5.74, 6) is -6.39. The van der Waals surface area contributed by atoms with Crippen molar-refractivity contribution in [1.29, 1.82) is 0 Å². The molecule has 13 rings (SSSR count). The number of aliphatic hydroxyl groups excluding tert-OH is 3. The Balaban J connectivity index is 0.989. The Labute approximate surface area is 587 Å². The molecule has 11 N–H and O–H groups in total. The molecule has 8 aromatic rings. The molecule has 15 atom stereocenters. The molecule has 5 aliphatic heterocycles. The zero-order chi connectivity index (χ0) is 70.9. The van der Waals surface area contributed by atoms with Gasteiger partial charge in [0.15, 0.2) is 23.8 Å². The molecule has 1 aromatic carbocycles. The van der Waals surface area contributed by atoms with Crippen molar-refractivity contribution < 1.29 is 97.1 Å². The SMILES string of the molecule is COC(C)C1NC(=O)CNC(=O)c2csc(n2)-c2cc(OC3OC(C)C(O)C(O)C3O)c(-c3nc(C(N)=O)cs3)nc2-c2csc(n2)C2COC(=O)c3c4c5c(cccc5n3O)COC(=O)C(OC3CC(C)(O)C(N(C)C)C(C)O3)C(OC4)C(NC(=O)c3csc1c3)c1nc(cs1)C(=O)N2. The number of likely N-dealkylation sites (N-methyl/N-ethyl adjacent to an activating group) is 1. The lowest BCUT2D eigenvalue weighted by Gasteiger charge is -2.48. The maximum atomic E-state index is 15.2. The van der Waals surface area contributed by atoms with Gasteiger partial charge in [-0.05, 0) is 65.6 Å². The number of carbonyl (C=O) groups is 7. The van der Waals surface area contributed by atoms with Crippen molar-refractivity contribution in [3.05, 3.63) is 112 Å². The van der Waals surface area contributed by atoms with Gasteiger partial charge >= 0.3 is 11.9 Å². The number of ether oxygens (including phenoxy) is 8. The number of aromatic nitrogens is 6. The summed E-state index contributed by atoms with van der Waals surface area (Å²) in [6.07, 6.45) is -14.4. The van der Waals surface area contributed by atoms with E-state index in [1.54, 1.807) is 57.3 Å². The largest absolute Gasteiger partial charge is 0.460 e. The third-order valence-corrected chi connectivity index (χ3v) is 22.3. The van der Waals surface area contributed by atoms with Gasteiger partial charge < -0.3 is 95.4 Å². The molecular weight excluding hydrogens is 1410 g/mol. The lowest BCUT2D eigenvalue weighted by atomic mass is 9.85. The number of primary amides is 1. The van der Waals surface area contributed by atoms with E-state index in [0.29, 0.717) is 15.2 Å². The fourth-order valence-corrected chi connectivity index (χ4v) is 17.1. The Morgan fingerprint density at radius 1 is 0.800 bits per heavy atom. The number of fused-ring (bicyclic) bond motifs is 15. The van der Waals surface area contributed by atoms with E-state index >= 15 is 19.2 Å². The van der Waals surface area contributed by atoms with Gasteiger partial charge in [0.05, 0.1) is 60.2 Å². The van der Waals surface area contributed by atoms with Crippen molar-refractivity contribution in [2.24, 2.45) is 5.73 Å². The Morgan fingerprint density at radius 2 is 1.54 bits per heavy atom. The molecule has 5 aliphatic rings. The highest BCUT2D eigenvalue weighted by molar-refractivity contribution is 7.14. The number of methoxy groups -OCH3 is 1. The van der Waals surface area contributed by atoms with Gasteiger partial charge in [-0.3, -0.25) is 24.0 Å². The Kier molecular flexibility index (Phi) is 19.8. The van der Waals surface area contributed by atoms with Crippen LogP contribution in [0.15, 0.2) is 57.2 Å². The average molecular weight is 1470 g/mol. The van der Waals surface area contributed by atoms with E-state index in [2.05, 4.69) is 31.2 Å². The second kappa shape index (κ2) is 28.2. The fourth-order valence-electron chi connectivity index (χ4n) is 12.8. The van der Waals surface area contributed by atoms with E-state index in [4.69, 9.17) is 58.6 Å². The second-order valence-electron chi connectivity index (χ2n) is 24.7. The average Bonchev–Trinajstić information content (AvgIpc) is 1.55. The number of pyridine rings is 1. The van der Waals surface area contributed by atoms with Gasteiger partial charge in [0.1, 0.15) is 104 Å². The highest BCUT2D eigenvalue weighted by Crippen LogP contribution is 2.44. The van der Waals surface area contributed by atoms with Crippen molar-refractivity contribution in [3.63, 3.8) is 0 Å². The summed E-state index contributed by atoms with van der Waals surface area (Å²) >= 11 is 4.82. The smallest absolute Gasteiger partial charge is 0.358 e. The van der Waals surface area contributed by atoms with Crippen LogP contribution in [0.4, 0.5) is 0 Å². The van der Waals surface area contributed by atoms with Crippen LogP contribution in [0, 0.1) is 0 Å². The lowest BCUT2D eigenvalue weighted by Crippen LogP contribution is -2.62. The van der Waals surface area contributed by atoms with Crippen LogP contribution < -0.4 is 31.7 Å². The summed E-state index contributed by atoms with van der Waals surface area (Å²) in [5, 5.41) is 76.0. The van der Waals surface area contributed by atoms with Gasteiger partial charge in [0.25, 0.3) is 23.6 Å². The molecule has 12 bridgehead atoms. The number of rotatable bonds is 9. The second-order valence-corrected chi connectivity index (χ2v) is 29.2. The molecule has 37 heteroatoms. The normalized spacial score (nSPS) is 28.0. The molecule has 2 saturated heterocycles. The van der Waals surface area contributed by atoms with Gasteiger partial charge in [-0.15, -0.1) is 56.7 Å². The molecule has 15 unspecified atom stereocenters. The molecule has 0 spiro atoms. The number of thiazole rings is 4. The summed E-state index contributed by atoms with van der Waals surface area (Å²) in [6, 6.07) is 3.17. The monoisotopic (exact) mass is 1470 g/mol. The van der Waals surface area contributed by atoms with Crippen LogP contribution in [-0.4, -0.2) is 209 Å². The van der Waals surface area contributed by atoms with Gasteiger partial charge in [-0.25, -0.2) is 34.5 Å². The number of carbonyl (C=O) groups excluding carboxylic acids is 7. The zero-order valence-electron chi connectivity index (χ0n) is 54.0. The van der Waals surface area contributed by atoms with Crippen molar-refractivity contribution in [1.82, 2.24) is 55.8 Å². The topological polar surface area (TPSA) is 441 Å². The van der Waals surface area contributed by atoms with Crippen LogP contribution in [-0.2, 0) is 56.0 Å². The number of hydrogen-bond acceptors (Lipinski definition) is 31. The van der Waals surface area contributed by atoms with Gasteiger partial charge in [0, 0.05) is 61.8 Å². The number of thiophene rings is 1. The lowest BCUT2D eigenvalue weighted by molar-refractivity contribution is -0.280. The summed E-state index contributed by atoms with van der Waals surface area (Å²) in [7, 11) is 4.97. The molecule has 5 amide bonds. The molecule has 100 heavy (non-hydrogen) atoms. The number of esters is 2. The minimum Gasteiger partial charge on any atom is -0.460 e. The highest BCUT2D eigenvalue weighted by atomic mass is 32.1. The minimum absolute atomic E-state index is 0.000860. The molecule has 7 aromatic heterocycles. The predicted octanol–water partition coefficient (Wildman–Crippen LogP) is 3.36. The number of nitrogens with two attached hydrogens (primary N) is 1. The summed E-state index contributed by atoms with van der Waals surface area (Å²) in [5.41, 5.74) is 3.65. The molecule has 0 aliphatic carbocycles. The Morgan fingerprint density at radius 3 is 2.29 bits per heavy atom. The molecule has 12 heterocycles. The van der Waals surface area contributed by atoms with Crippen LogP contribution in [0.1, 0.15) is 131 Å². The maximum Gasteiger partial charge on any atom is 0.358 e. The number of cyclic esters (lactones) is 2. The number of nitrogens with zero attached hydrogens (tertiary/aromatic N) is 7. The zero-order valence-corrected chi connectivity index (χ0v) is 58.1. The fraction of sp³-hybridized carbons (Fsp3) is 0.429. The minimum atomic E-state index is -1.88. The molecule has 32 nitrogen and oxygen atoms in total. The molecule has 0 saturated carbocycles. The van der Waals surface area contributed by atoms with E-state index in [0.717, 1.165) is 56.7 Å². The number of nitrogens with one attached hydrogen (secondary N) is 4. The van der Waals surface area contributed by atoms with E-state index in [-0.39, 0.29) is 94.0 Å². The molecule has 0 radical (unpaired) electrons. The maximum absolute atomic E-state index is 15.2. The first-order valence-electron chi connectivity index (χ1n) is 31.1. The summed E-state index contributed by atoms with van der Waals surface area (Å²) < 4.78 is 50.7. The van der Waals surface area contributed by atoms with E-state index in [9.17, 15) is 40.0 Å². The summed E-state index contributed by atoms with van der Waals surface area (Å²) in [6.45, 7) is 4.12. The van der Waals surface area contributed by atoms with Crippen molar-refractivity contribution >= 4 is 109 Å². The standard InChI is InChI=1S/C63H66N12O20S5/c1-23(88-7)41-37-11-27(18-96-37)53(81)73-44-49-50(95-39-13-63(4,86)51(74(5)6)25(3)92-39)61(85)90-15-26-9-8-10-35-40(26)29(16-89-49)45(75(35)87)60(84)91-17-30(66-55(83)34-22-100-59(44)70-34)57-67-31(19-98-57)42-28(56-69-33(21-97-56)54(82)65-14-38(76)71-41)12-36(43(72-42)58-68-32(20-99-58)52(64)80)94-62-48(79)47(78)46(77)24(2)93-62/h8-12,18-25,30,39,41,44,46-51,62,77-79,86-87H,13-17H2,1-7H3,(H2,64,80)(H,65,82)(H,66,83)(H,71,76)(H,73,81). The highest BCUT2D eigenvalue weighted by Gasteiger charge is 2.51. The first-order valence-corrected chi connectivity index (χ1v) is 35.5. The third kappa shape index (κ3) is 13.6. The third-order valence-electron chi connectivity index (χ3n) is 17.7. The van der Waals surface area contributed by atoms with Crippen LogP contribution in [0.5, 0.6) is 5.75 Å². The molecule has 528 valence electrons. The first-order chi connectivity index (χ1) is 47.7. The van der Waals surface area contributed by atoms with Gasteiger partial charge in [-0.1, -0.05) is 12.1 Å². The molecular formula is C63H66N12O20S5. The van der Waals surface area contributed by atoms with Crippen molar-refractivity contribution in [2.45, 2.75) is 139 Å². The quantitative estimate of drug-likeness (QED) is 0.0731. The van der Waals surface area contributed by atoms with Crippen LogP contribution in [0.2, 0.25) is 0 Å². The molecule has 2 fully saturated rings. The number of aliphatic hydroxyl groups is 4. The van der Waals surface area contributed by atoms with E-state index in [1.165, 1.54) is 53.8 Å². The Bertz CT molecular complexity index is 4510. The van der Waals surface area contributed by atoms with Crippen molar-refractivity contribution in [2.75, 3.05) is 34.4 Å². The van der Waals surface area contributed by atoms with Crippen LogP contribution >= 0.6 is 56.7 Å². The van der Waals surface area contributed by atoms with Crippen LogP contribution in [0.25, 0.3) is 43.6 Å². The van der Waals surface area contributed by atoms with E-state index in [1.807, 2.05) is 0 Å². The van der Waals surface area contributed by atoms with Crippen molar-refractivity contribution in [3.8, 4) is 38.4 Å². The van der Waals surface area contributed by atoms with Crippen LogP contribution in [0.3, 0.4) is 0 Å². The number of benzene rings is 1. The number of hydrogen-bond donors (Lipinski definition) is 10. The van der Waals surface area contributed by atoms with E-state index < -0.39 is 165 Å². The van der Waals surface area contributed by atoms with Gasteiger partial charge in [-0.2, -0.15) is 4.73 Å². The first kappa shape index (κ1) is 70.1. The number of amides is 5. The summed E-state index contributed by atoms with van der Waals surface area (Å²) in [4.78, 5) is 127. The Hall–Kier alpha value is -8.38. The van der Waals surface area contributed by atoms with Gasteiger partial charge in [0.2, 0.25) is 12.2 Å². The predicted molar refractivity (Wildman–Crippen MR) is 355 cm³/mol.